The summed E-state index contributed by atoms with van der Waals surface area (Å²) in [5, 5.41) is 0. The highest BCUT2D eigenvalue weighted by Gasteiger charge is 2.21. The fourth-order valence-electron chi connectivity index (χ4n) is 3.16. The number of nitrogens with zero attached hydrogens (tertiary/aromatic N) is 1. The number of methoxy groups -OCH3 is 2. The van der Waals surface area contributed by atoms with E-state index in [1.54, 1.807) is 14.2 Å². The van der Waals surface area contributed by atoms with Crippen molar-refractivity contribution < 1.29 is 9.47 Å². The molecule has 3 nitrogen and oxygen atoms in total. The SMILES string of the molecule is COCc1cc2c(cc1COC)CN(Cc1ccccc1)C2. The van der Waals surface area contributed by atoms with Crippen LogP contribution >= 0.6 is 0 Å². The molecule has 1 aliphatic heterocycles. The summed E-state index contributed by atoms with van der Waals surface area (Å²) >= 11 is 0. The number of hydrogen-bond acceptors (Lipinski definition) is 3. The van der Waals surface area contributed by atoms with Crippen molar-refractivity contribution in [1.82, 2.24) is 4.90 Å². The Morgan fingerprint density at radius 3 is 1.91 bits per heavy atom. The molecular weight excluding hydrogens is 274 g/mol. The molecule has 0 radical (unpaired) electrons. The van der Waals surface area contributed by atoms with E-state index in [4.69, 9.17) is 9.47 Å². The van der Waals surface area contributed by atoms with E-state index >= 15 is 0 Å². The third kappa shape index (κ3) is 3.38. The fourth-order valence-corrected chi connectivity index (χ4v) is 3.16. The molecule has 116 valence electrons. The molecular formula is C19H23NO2. The van der Waals surface area contributed by atoms with Gasteiger partial charge in [0.1, 0.15) is 0 Å². The fraction of sp³-hybridized carbons (Fsp3) is 0.368. The first-order valence-corrected chi connectivity index (χ1v) is 7.68. The topological polar surface area (TPSA) is 21.7 Å². The molecule has 2 aromatic carbocycles. The summed E-state index contributed by atoms with van der Waals surface area (Å²) in [5.74, 6) is 0. The van der Waals surface area contributed by atoms with Crippen LogP contribution in [0.1, 0.15) is 27.8 Å². The van der Waals surface area contributed by atoms with Gasteiger partial charge in [-0.2, -0.15) is 0 Å². The third-order valence-electron chi connectivity index (χ3n) is 4.16. The van der Waals surface area contributed by atoms with Crippen molar-refractivity contribution >= 4 is 0 Å². The molecule has 1 aliphatic rings. The Hall–Kier alpha value is -1.68. The summed E-state index contributed by atoms with van der Waals surface area (Å²) in [5.41, 5.74) is 6.68. The van der Waals surface area contributed by atoms with E-state index in [0.717, 1.165) is 19.6 Å². The zero-order chi connectivity index (χ0) is 15.4. The highest BCUT2D eigenvalue weighted by molar-refractivity contribution is 5.40. The van der Waals surface area contributed by atoms with E-state index in [9.17, 15) is 0 Å². The van der Waals surface area contributed by atoms with Gasteiger partial charge >= 0.3 is 0 Å². The predicted molar refractivity (Wildman–Crippen MR) is 87.3 cm³/mol. The molecule has 0 aromatic heterocycles. The number of ether oxygens (including phenoxy) is 2. The van der Waals surface area contributed by atoms with Gasteiger partial charge in [-0.05, 0) is 27.8 Å². The van der Waals surface area contributed by atoms with E-state index in [0.29, 0.717) is 13.2 Å². The minimum absolute atomic E-state index is 0.644. The van der Waals surface area contributed by atoms with Gasteiger partial charge in [0.15, 0.2) is 0 Å². The first-order chi connectivity index (χ1) is 10.8. The van der Waals surface area contributed by atoms with Gasteiger partial charge in [-0.3, -0.25) is 4.90 Å². The van der Waals surface area contributed by atoms with Gasteiger partial charge in [0.05, 0.1) is 13.2 Å². The van der Waals surface area contributed by atoms with Crippen molar-refractivity contribution in [1.29, 1.82) is 0 Å². The van der Waals surface area contributed by atoms with E-state index in [2.05, 4.69) is 47.4 Å². The Bertz CT molecular complexity index is 590. The average molecular weight is 297 g/mol. The standard InChI is InChI=1S/C19H23NO2/c1-21-13-18-8-16-11-20(10-15-6-4-3-5-7-15)12-17(16)9-19(18)14-22-2/h3-9H,10-14H2,1-2H3. The van der Waals surface area contributed by atoms with Crippen molar-refractivity contribution in [2.45, 2.75) is 32.8 Å². The van der Waals surface area contributed by atoms with Crippen LogP contribution in [0.5, 0.6) is 0 Å². The molecule has 0 spiro atoms. The number of hydrogen-bond donors (Lipinski definition) is 0. The molecule has 0 bridgehead atoms. The molecule has 22 heavy (non-hydrogen) atoms. The minimum atomic E-state index is 0.644. The quantitative estimate of drug-likeness (QED) is 0.814. The Labute approximate surface area is 132 Å². The van der Waals surface area contributed by atoms with Crippen molar-refractivity contribution in [2.75, 3.05) is 14.2 Å². The van der Waals surface area contributed by atoms with Gasteiger partial charge in [-0.15, -0.1) is 0 Å². The van der Waals surface area contributed by atoms with Crippen molar-refractivity contribution in [3.63, 3.8) is 0 Å². The first-order valence-electron chi connectivity index (χ1n) is 7.68. The lowest BCUT2D eigenvalue weighted by Crippen LogP contribution is -2.15. The lowest BCUT2D eigenvalue weighted by molar-refractivity contribution is 0.168. The summed E-state index contributed by atoms with van der Waals surface area (Å²) in [6, 6.07) is 15.2. The van der Waals surface area contributed by atoms with Gasteiger partial charge in [-0.1, -0.05) is 42.5 Å². The molecule has 0 aliphatic carbocycles. The highest BCUT2D eigenvalue weighted by Crippen LogP contribution is 2.28. The van der Waals surface area contributed by atoms with Gasteiger partial charge in [0.2, 0.25) is 0 Å². The molecule has 3 heteroatoms. The van der Waals surface area contributed by atoms with Crippen molar-refractivity contribution in [3.05, 3.63) is 70.3 Å². The summed E-state index contributed by atoms with van der Waals surface area (Å²) in [4.78, 5) is 2.48. The Kier molecular flexibility index (Phi) is 4.88. The number of benzene rings is 2. The second-order valence-corrected chi connectivity index (χ2v) is 5.89. The monoisotopic (exact) mass is 297 g/mol. The number of fused-ring (bicyclic) bond motifs is 1. The normalized spacial score (nSPS) is 14.3. The van der Waals surface area contributed by atoms with Crippen LogP contribution in [0.3, 0.4) is 0 Å². The van der Waals surface area contributed by atoms with Crippen LogP contribution < -0.4 is 0 Å². The van der Waals surface area contributed by atoms with Gasteiger partial charge in [0, 0.05) is 33.9 Å². The van der Waals surface area contributed by atoms with E-state index in [1.165, 1.54) is 27.8 Å². The molecule has 0 atom stereocenters. The zero-order valence-corrected chi connectivity index (χ0v) is 13.3. The lowest BCUT2D eigenvalue weighted by atomic mass is 10.0. The van der Waals surface area contributed by atoms with E-state index in [1.807, 2.05) is 0 Å². The highest BCUT2D eigenvalue weighted by atomic mass is 16.5. The van der Waals surface area contributed by atoms with E-state index in [-0.39, 0.29) is 0 Å². The predicted octanol–water partition coefficient (Wildman–Crippen LogP) is 3.50. The molecule has 0 saturated carbocycles. The summed E-state index contributed by atoms with van der Waals surface area (Å²) in [7, 11) is 3.48. The average Bonchev–Trinajstić information content (AvgIpc) is 2.90. The molecule has 0 saturated heterocycles. The first kappa shape index (κ1) is 15.2. The number of rotatable bonds is 6. The van der Waals surface area contributed by atoms with Gasteiger partial charge < -0.3 is 9.47 Å². The van der Waals surface area contributed by atoms with Gasteiger partial charge in [-0.25, -0.2) is 0 Å². The molecule has 1 heterocycles. The second-order valence-electron chi connectivity index (χ2n) is 5.89. The summed E-state index contributed by atoms with van der Waals surface area (Å²) < 4.78 is 10.7. The van der Waals surface area contributed by atoms with E-state index < -0.39 is 0 Å². The van der Waals surface area contributed by atoms with Crippen molar-refractivity contribution in [2.24, 2.45) is 0 Å². The van der Waals surface area contributed by atoms with Gasteiger partial charge in [0.25, 0.3) is 0 Å². The van der Waals surface area contributed by atoms with Crippen molar-refractivity contribution in [3.8, 4) is 0 Å². The Balaban J connectivity index is 1.77. The minimum Gasteiger partial charge on any atom is -0.380 e. The van der Waals surface area contributed by atoms with Crippen LogP contribution in [-0.4, -0.2) is 19.1 Å². The summed E-state index contributed by atoms with van der Waals surface area (Å²) in [6.45, 7) is 4.30. The largest absolute Gasteiger partial charge is 0.380 e. The zero-order valence-electron chi connectivity index (χ0n) is 13.3. The van der Waals surface area contributed by atoms with Crippen LogP contribution in [-0.2, 0) is 42.3 Å². The summed E-state index contributed by atoms with van der Waals surface area (Å²) in [6.07, 6.45) is 0. The second kappa shape index (κ2) is 7.05. The Morgan fingerprint density at radius 1 is 0.864 bits per heavy atom. The maximum Gasteiger partial charge on any atom is 0.0716 e. The molecule has 0 unspecified atom stereocenters. The molecule has 2 aromatic rings. The molecule has 0 amide bonds. The molecule has 3 rings (SSSR count). The van der Waals surface area contributed by atoms with Crippen LogP contribution in [0.2, 0.25) is 0 Å². The maximum atomic E-state index is 5.33. The molecule has 0 N–H and O–H groups in total. The van der Waals surface area contributed by atoms with Crippen LogP contribution in [0.25, 0.3) is 0 Å². The molecule has 0 fully saturated rings. The lowest BCUT2D eigenvalue weighted by Gasteiger charge is -2.14. The Morgan fingerprint density at radius 2 is 1.41 bits per heavy atom. The van der Waals surface area contributed by atoms with Crippen LogP contribution in [0.4, 0.5) is 0 Å². The smallest absolute Gasteiger partial charge is 0.0716 e. The maximum absolute atomic E-state index is 5.33. The van der Waals surface area contributed by atoms with Crippen LogP contribution in [0, 0.1) is 0 Å². The van der Waals surface area contributed by atoms with Crippen LogP contribution in [0.15, 0.2) is 42.5 Å². The third-order valence-corrected chi connectivity index (χ3v) is 4.16.